The number of aliphatic hydroxyl groups excluding tert-OH is 1. The van der Waals surface area contributed by atoms with Crippen molar-refractivity contribution in [3.05, 3.63) is 24.3 Å². The first-order valence-electron chi connectivity index (χ1n) is 5.10. The number of hydroxylamine groups is 2. The highest BCUT2D eigenvalue weighted by atomic mass is 19.4. The van der Waals surface area contributed by atoms with Gasteiger partial charge < -0.3 is 5.11 Å². The fourth-order valence-corrected chi connectivity index (χ4v) is 1.12. The summed E-state index contributed by atoms with van der Waals surface area (Å²) in [6.45, 7) is 3.22. The van der Waals surface area contributed by atoms with E-state index in [9.17, 15) is 23.1 Å². The molecular formula is C11H16F3NO3. The molecule has 0 aliphatic carbocycles. The van der Waals surface area contributed by atoms with Gasteiger partial charge in [0.05, 0.1) is 7.11 Å². The Morgan fingerprint density at radius 3 is 2.50 bits per heavy atom. The summed E-state index contributed by atoms with van der Waals surface area (Å²) in [7, 11) is 2.46. The Kier molecular flexibility index (Phi) is 6.64. The maximum atomic E-state index is 12.5. The van der Waals surface area contributed by atoms with Crippen LogP contribution in [0.1, 0.15) is 12.8 Å². The zero-order valence-electron chi connectivity index (χ0n) is 10.2. The molecule has 104 valence electrons. The standard InChI is InChI=1S/C11H16F3NO3/c1-4-5-8(11(12,13)14)6-7-9(16)10(17)15(2)18-3/h4,6,9,16H,1,5,7H2,2-3H3/b8-6-. The first kappa shape index (κ1) is 16.7. The molecule has 1 N–H and O–H groups in total. The lowest BCUT2D eigenvalue weighted by Gasteiger charge is -2.17. The molecule has 0 aromatic heterocycles. The summed E-state index contributed by atoms with van der Waals surface area (Å²) < 4.78 is 37.4. The third kappa shape index (κ3) is 5.33. The number of allylic oxidation sites excluding steroid dienone is 2. The van der Waals surface area contributed by atoms with E-state index in [1.54, 1.807) is 0 Å². The highest BCUT2D eigenvalue weighted by Gasteiger charge is 2.32. The van der Waals surface area contributed by atoms with Gasteiger partial charge in [0.25, 0.3) is 5.91 Å². The van der Waals surface area contributed by atoms with E-state index >= 15 is 0 Å². The number of aliphatic hydroxyl groups is 1. The van der Waals surface area contributed by atoms with Crippen LogP contribution in [-0.4, -0.2) is 42.5 Å². The van der Waals surface area contributed by atoms with Crippen molar-refractivity contribution in [2.45, 2.75) is 25.1 Å². The quantitative estimate of drug-likeness (QED) is 0.590. The van der Waals surface area contributed by atoms with Crippen molar-refractivity contribution in [2.24, 2.45) is 0 Å². The van der Waals surface area contributed by atoms with E-state index < -0.39 is 30.2 Å². The monoisotopic (exact) mass is 267 g/mol. The van der Waals surface area contributed by atoms with Crippen LogP contribution < -0.4 is 0 Å². The lowest BCUT2D eigenvalue weighted by Crippen LogP contribution is -2.35. The van der Waals surface area contributed by atoms with Crippen LogP contribution in [0.25, 0.3) is 0 Å². The summed E-state index contributed by atoms with van der Waals surface area (Å²) in [5.74, 6) is -0.811. The van der Waals surface area contributed by atoms with Crippen LogP contribution >= 0.6 is 0 Å². The first-order valence-corrected chi connectivity index (χ1v) is 5.10. The molecule has 0 aromatic rings. The van der Waals surface area contributed by atoms with Gasteiger partial charge in [0, 0.05) is 19.0 Å². The average Bonchev–Trinajstić information content (AvgIpc) is 2.30. The van der Waals surface area contributed by atoms with Gasteiger partial charge >= 0.3 is 6.18 Å². The molecule has 0 rings (SSSR count). The van der Waals surface area contributed by atoms with Gasteiger partial charge in [-0.2, -0.15) is 13.2 Å². The Hall–Kier alpha value is -1.34. The molecule has 0 bridgehead atoms. The van der Waals surface area contributed by atoms with Crippen molar-refractivity contribution in [1.29, 1.82) is 0 Å². The van der Waals surface area contributed by atoms with E-state index in [-0.39, 0.29) is 6.42 Å². The molecule has 4 nitrogen and oxygen atoms in total. The second-order valence-corrected chi connectivity index (χ2v) is 3.49. The van der Waals surface area contributed by atoms with Crippen molar-refractivity contribution >= 4 is 5.91 Å². The average molecular weight is 267 g/mol. The van der Waals surface area contributed by atoms with Crippen molar-refractivity contribution < 1.29 is 27.9 Å². The van der Waals surface area contributed by atoms with Crippen molar-refractivity contribution in [2.75, 3.05) is 14.2 Å². The number of hydrogen-bond acceptors (Lipinski definition) is 3. The van der Waals surface area contributed by atoms with Crippen molar-refractivity contribution in [3.63, 3.8) is 0 Å². The Morgan fingerprint density at radius 1 is 1.56 bits per heavy atom. The summed E-state index contributed by atoms with van der Waals surface area (Å²) in [5.41, 5.74) is -0.843. The molecule has 18 heavy (non-hydrogen) atoms. The summed E-state index contributed by atoms with van der Waals surface area (Å²) >= 11 is 0. The van der Waals surface area contributed by atoms with Gasteiger partial charge in [-0.1, -0.05) is 12.2 Å². The van der Waals surface area contributed by atoms with E-state index in [0.29, 0.717) is 0 Å². The fourth-order valence-electron chi connectivity index (χ4n) is 1.12. The number of likely N-dealkylation sites (N-methyl/N-ethyl adjacent to an activating group) is 1. The minimum atomic E-state index is -4.50. The Balaban J connectivity index is 4.67. The Labute approximate surface area is 103 Å². The Morgan fingerprint density at radius 2 is 2.11 bits per heavy atom. The number of rotatable bonds is 6. The molecule has 0 aliphatic heterocycles. The molecule has 0 saturated carbocycles. The molecular weight excluding hydrogens is 251 g/mol. The van der Waals surface area contributed by atoms with Crippen molar-refractivity contribution in [3.8, 4) is 0 Å². The molecule has 1 amide bonds. The topological polar surface area (TPSA) is 49.8 Å². The number of nitrogens with zero attached hydrogens (tertiary/aromatic N) is 1. The molecule has 0 aromatic carbocycles. The van der Waals surface area contributed by atoms with Crippen LogP contribution in [0.4, 0.5) is 13.2 Å². The van der Waals surface area contributed by atoms with E-state index in [2.05, 4.69) is 11.4 Å². The van der Waals surface area contributed by atoms with E-state index in [4.69, 9.17) is 0 Å². The third-order valence-electron chi connectivity index (χ3n) is 2.19. The molecule has 0 fully saturated rings. The summed E-state index contributed by atoms with van der Waals surface area (Å²) in [6, 6.07) is 0. The number of hydrogen-bond donors (Lipinski definition) is 1. The minimum absolute atomic E-state index is 0.371. The van der Waals surface area contributed by atoms with Gasteiger partial charge in [0.2, 0.25) is 0 Å². The molecule has 0 radical (unpaired) electrons. The SMILES string of the molecule is C=CC/C(=C/CC(O)C(=O)N(C)OC)C(F)(F)F. The first-order chi connectivity index (χ1) is 8.23. The molecule has 1 unspecified atom stereocenters. The molecule has 0 saturated heterocycles. The lowest BCUT2D eigenvalue weighted by atomic mass is 10.1. The second kappa shape index (κ2) is 7.17. The van der Waals surface area contributed by atoms with Crippen LogP contribution in [0.3, 0.4) is 0 Å². The van der Waals surface area contributed by atoms with Crippen molar-refractivity contribution in [1.82, 2.24) is 5.06 Å². The van der Waals surface area contributed by atoms with Crippen LogP contribution in [0.15, 0.2) is 24.3 Å². The predicted octanol–water partition coefficient (Wildman–Crippen LogP) is 1.82. The molecule has 1 atom stereocenters. The van der Waals surface area contributed by atoms with E-state index in [1.165, 1.54) is 14.2 Å². The summed E-state index contributed by atoms with van der Waals surface area (Å²) in [4.78, 5) is 15.8. The van der Waals surface area contributed by atoms with Crippen LogP contribution in [0, 0.1) is 0 Å². The zero-order chi connectivity index (χ0) is 14.3. The summed E-state index contributed by atoms with van der Waals surface area (Å²) in [5, 5.41) is 10.1. The van der Waals surface area contributed by atoms with Gasteiger partial charge in [-0.3, -0.25) is 9.63 Å². The van der Waals surface area contributed by atoms with E-state index in [0.717, 1.165) is 17.2 Å². The lowest BCUT2D eigenvalue weighted by molar-refractivity contribution is -0.177. The second-order valence-electron chi connectivity index (χ2n) is 3.49. The smallest absolute Gasteiger partial charge is 0.383 e. The molecule has 0 aliphatic rings. The highest BCUT2D eigenvalue weighted by Crippen LogP contribution is 2.28. The maximum Gasteiger partial charge on any atom is 0.412 e. The van der Waals surface area contributed by atoms with Crippen LogP contribution in [0.2, 0.25) is 0 Å². The van der Waals surface area contributed by atoms with E-state index in [1.807, 2.05) is 0 Å². The number of halogens is 3. The van der Waals surface area contributed by atoms with Gasteiger partial charge in [-0.05, 0) is 6.42 Å². The highest BCUT2D eigenvalue weighted by molar-refractivity contribution is 5.79. The van der Waals surface area contributed by atoms with Crippen LogP contribution in [0.5, 0.6) is 0 Å². The molecule has 7 heteroatoms. The normalized spacial score (nSPS) is 14.2. The van der Waals surface area contributed by atoms with Gasteiger partial charge in [-0.25, -0.2) is 5.06 Å². The van der Waals surface area contributed by atoms with Gasteiger partial charge in [-0.15, -0.1) is 6.58 Å². The van der Waals surface area contributed by atoms with Gasteiger partial charge in [0.1, 0.15) is 6.10 Å². The third-order valence-corrected chi connectivity index (χ3v) is 2.19. The predicted molar refractivity (Wildman–Crippen MR) is 59.4 cm³/mol. The van der Waals surface area contributed by atoms with Crippen LogP contribution in [-0.2, 0) is 9.63 Å². The maximum absolute atomic E-state index is 12.5. The fraction of sp³-hybridized carbons (Fsp3) is 0.545. The number of carbonyl (C=O) groups is 1. The number of carbonyl (C=O) groups excluding carboxylic acids is 1. The molecule has 0 heterocycles. The Bertz CT molecular complexity index is 326. The molecule has 0 spiro atoms. The van der Waals surface area contributed by atoms with Gasteiger partial charge in [0.15, 0.2) is 0 Å². The summed E-state index contributed by atoms with van der Waals surface area (Å²) in [6.07, 6.45) is -4.98. The largest absolute Gasteiger partial charge is 0.412 e. The number of amides is 1. The zero-order valence-corrected chi connectivity index (χ0v) is 10.2. The minimum Gasteiger partial charge on any atom is -0.383 e. The number of alkyl halides is 3.